The standard InChI is InChI=1S/C44H54N4O8/c1-30-26-47-42(48-30)43(51)56-41-39(55-29-33-18-10-7-11-19-33)37(54-28-32-16-8-6-9-17-32)38(53-25-15-5-3-4-14-24-45-31(2)49)40(50)44(41,52)23-22-34-27-46-36-21-13-12-20-35(34)36/h6-13,16-21,26-27,37-41,46,50,52H,3-5,14-15,22-25,28-29H2,1-2H3,(H,45,49)(H,47,48). The average Bonchev–Trinajstić information content (AvgIpc) is 3.84. The van der Waals surface area contributed by atoms with Crippen LogP contribution in [0.25, 0.3) is 10.9 Å². The van der Waals surface area contributed by atoms with Crippen LogP contribution in [0.4, 0.5) is 0 Å². The van der Waals surface area contributed by atoms with Crippen LogP contribution in [0.3, 0.4) is 0 Å². The summed E-state index contributed by atoms with van der Waals surface area (Å²) < 4.78 is 26.1. The van der Waals surface area contributed by atoms with E-state index in [0.29, 0.717) is 31.7 Å². The van der Waals surface area contributed by atoms with E-state index in [-0.39, 0.29) is 31.4 Å². The van der Waals surface area contributed by atoms with Gasteiger partial charge in [0.15, 0.2) is 6.10 Å². The number of aliphatic hydroxyl groups excluding tert-OH is 1. The molecule has 1 aliphatic carbocycles. The van der Waals surface area contributed by atoms with E-state index in [1.165, 1.54) is 13.1 Å². The molecule has 3 aromatic carbocycles. The van der Waals surface area contributed by atoms with Gasteiger partial charge in [-0.3, -0.25) is 4.79 Å². The maximum Gasteiger partial charge on any atom is 0.374 e. The molecule has 6 atom stereocenters. The zero-order valence-electron chi connectivity index (χ0n) is 32.2. The third-order valence-electron chi connectivity index (χ3n) is 10.4. The largest absolute Gasteiger partial charge is 0.450 e. The number of imidazole rings is 1. The molecule has 0 radical (unpaired) electrons. The zero-order chi connectivity index (χ0) is 39.3. The Morgan fingerprint density at radius 3 is 2.14 bits per heavy atom. The van der Waals surface area contributed by atoms with Gasteiger partial charge in [0, 0.05) is 49.1 Å². The summed E-state index contributed by atoms with van der Waals surface area (Å²) in [5.74, 6) is -0.863. The molecule has 298 valence electrons. The molecule has 2 heterocycles. The van der Waals surface area contributed by atoms with E-state index in [4.69, 9.17) is 18.9 Å². The minimum Gasteiger partial charge on any atom is -0.450 e. The number of aliphatic hydroxyl groups is 2. The van der Waals surface area contributed by atoms with E-state index in [0.717, 1.165) is 53.3 Å². The summed E-state index contributed by atoms with van der Waals surface area (Å²) >= 11 is 0. The molecule has 6 rings (SSSR count). The summed E-state index contributed by atoms with van der Waals surface area (Å²) in [6.07, 6.45) is 2.13. The quantitative estimate of drug-likeness (QED) is 0.0464. The molecular weight excluding hydrogens is 713 g/mol. The van der Waals surface area contributed by atoms with E-state index in [1.807, 2.05) is 91.1 Å². The second-order valence-corrected chi connectivity index (χ2v) is 14.6. The number of hydrogen-bond acceptors (Lipinski definition) is 9. The van der Waals surface area contributed by atoms with Gasteiger partial charge in [0.1, 0.15) is 30.0 Å². The van der Waals surface area contributed by atoms with Crippen LogP contribution < -0.4 is 5.32 Å². The average molecular weight is 767 g/mol. The summed E-state index contributed by atoms with van der Waals surface area (Å²) in [6, 6.07) is 27.1. The van der Waals surface area contributed by atoms with Crippen molar-refractivity contribution in [3.05, 3.63) is 126 Å². The SMILES string of the molecule is CC(=O)NCCCCCCCOC1C(OCc2ccccc2)C(OCc2ccccc2)C(OC(=O)c2ncc(C)[nH]2)C(O)(CCc2c[nH]c3ccccc23)C1O. The number of aromatic nitrogens is 3. The fourth-order valence-electron chi connectivity index (χ4n) is 7.43. The van der Waals surface area contributed by atoms with E-state index >= 15 is 0 Å². The lowest BCUT2D eigenvalue weighted by molar-refractivity contribution is -0.296. The first kappa shape index (κ1) is 40.8. The molecule has 12 heteroatoms. The van der Waals surface area contributed by atoms with Crippen molar-refractivity contribution < 1.29 is 38.7 Å². The third-order valence-corrected chi connectivity index (χ3v) is 10.4. The first-order valence-corrected chi connectivity index (χ1v) is 19.6. The lowest BCUT2D eigenvalue weighted by Gasteiger charge is -2.52. The Kier molecular flexibility index (Phi) is 14.5. The highest BCUT2D eigenvalue weighted by molar-refractivity contribution is 5.85. The van der Waals surface area contributed by atoms with Gasteiger partial charge in [0.25, 0.3) is 0 Å². The summed E-state index contributed by atoms with van der Waals surface area (Å²) in [7, 11) is 0. The van der Waals surface area contributed by atoms with Crippen LogP contribution in [-0.4, -0.2) is 86.3 Å². The molecule has 5 aromatic rings. The van der Waals surface area contributed by atoms with Crippen LogP contribution in [0.2, 0.25) is 0 Å². The molecule has 0 bridgehead atoms. The van der Waals surface area contributed by atoms with Crippen molar-refractivity contribution >= 4 is 22.8 Å². The normalized spacial score (nSPS) is 22.2. The Bertz CT molecular complexity index is 1970. The molecule has 56 heavy (non-hydrogen) atoms. The molecule has 12 nitrogen and oxygen atoms in total. The molecule has 6 unspecified atom stereocenters. The van der Waals surface area contributed by atoms with Gasteiger partial charge in [-0.25, -0.2) is 9.78 Å². The second kappa shape index (κ2) is 19.8. The third kappa shape index (κ3) is 10.5. The van der Waals surface area contributed by atoms with E-state index in [2.05, 4.69) is 20.3 Å². The molecular formula is C44H54N4O8. The van der Waals surface area contributed by atoms with E-state index in [1.54, 1.807) is 6.92 Å². The molecule has 1 amide bonds. The lowest BCUT2D eigenvalue weighted by Crippen LogP contribution is -2.73. The molecule has 2 aromatic heterocycles. The van der Waals surface area contributed by atoms with Crippen LogP contribution in [0, 0.1) is 6.92 Å². The van der Waals surface area contributed by atoms with Gasteiger partial charge >= 0.3 is 5.97 Å². The number of amides is 1. The number of aromatic amines is 2. The summed E-state index contributed by atoms with van der Waals surface area (Å²) in [6.45, 7) is 4.50. The highest BCUT2D eigenvalue weighted by Crippen LogP contribution is 2.41. The number of hydrogen-bond donors (Lipinski definition) is 5. The van der Waals surface area contributed by atoms with Crippen molar-refractivity contribution in [2.24, 2.45) is 0 Å². The van der Waals surface area contributed by atoms with Crippen LogP contribution in [0.1, 0.15) is 78.5 Å². The van der Waals surface area contributed by atoms with Crippen molar-refractivity contribution in [3.63, 3.8) is 0 Å². The Labute approximate surface area is 327 Å². The molecule has 0 spiro atoms. The Balaban J connectivity index is 1.32. The fraction of sp³-hybridized carbons (Fsp3) is 0.432. The number of fused-ring (bicyclic) bond motifs is 1. The van der Waals surface area contributed by atoms with E-state index < -0.39 is 42.1 Å². The van der Waals surface area contributed by atoms with Crippen molar-refractivity contribution in [1.29, 1.82) is 0 Å². The number of carbonyl (C=O) groups excluding carboxylic acids is 2. The second-order valence-electron chi connectivity index (χ2n) is 14.6. The van der Waals surface area contributed by atoms with Crippen molar-refractivity contribution in [1.82, 2.24) is 20.3 Å². The summed E-state index contributed by atoms with van der Waals surface area (Å²) in [4.78, 5) is 35.4. The van der Waals surface area contributed by atoms with E-state index in [9.17, 15) is 19.8 Å². The van der Waals surface area contributed by atoms with Gasteiger partial charge in [-0.2, -0.15) is 0 Å². The van der Waals surface area contributed by atoms with Crippen LogP contribution in [0.15, 0.2) is 97.3 Å². The number of ether oxygens (including phenoxy) is 4. The Morgan fingerprint density at radius 2 is 1.46 bits per heavy atom. The minimum absolute atomic E-state index is 0.00983. The van der Waals surface area contributed by atoms with Gasteiger partial charge in [0.2, 0.25) is 11.7 Å². The summed E-state index contributed by atoms with van der Waals surface area (Å²) in [5.41, 5.74) is 2.26. The maximum atomic E-state index is 13.8. The van der Waals surface area contributed by atoms with Crippen LogP contribution in [-0.2, 0) is 43.4 Å². The number of para-hydroxylation sites is 1. The number of nitrogens with one attached hydrogen (secondary N) is 3. The van der Waals surface area contributed by atoms with Gasteiger partial charge in [-0.05, 0) is 55.4 Å². The number of aryl methyl sites for hydroxylation is 2. The van der Waals surface area contributed by atoms with Crippen LogP contribution in [0.5, 0.6) is 0 Å². The number of benzene rings is 3. The highest BCUT2D eigenvalue weighted by atomic mass is 16.6. The van der Waals surface area contributed by atoms with Gasteiger partial charge in [-0.15, -0.1) is 0 Å². The molecule has 1 saturated carbocycles. The maximum absolute atomic E-state index is 13.8. The smallest absolute Gasteiger partial charge is 0.374 e. The number of carbonyl (C=O) groups is 2. The zero-order valence-corrected chi connectivity index (χ0v) is 32.2. The first-order chi connectivity index (χ1) is 27.2. The highest BCUT2D eigenvalue weighted by Gasteiger charge is 2.62. The Hall–Kier alpha value is -4.85. The molecule has 0 saturated heterocycles. The molecule has 1 aliphatic rings. The molecule has 1 fully saturated rings. The number of nitrogens with zero attached hydrogens (tertiary/aromatic N) is 1. The molecule has 5 N–H and O–H groups in total. The Morgan fingerprint density at radius 1 is 0.821 bits per heavy atom. The minimum atomic E-state index is -2.04. The predicted octanol–water partition coefficient (Wildman–Crippen LogP) is 6.11. The molecule has 0 aliphatic heterocycles. The van der Waals surface area contributed by atoms with Crippen LogP contribution >= 0.6 is 0 Å². The van der Waals surface area contributed by atoms with Gasteiger partial charge in [0.05, 0.1) is 13.2 Å². The monoisotopic (exact) mass is 766 g/mol. The fourth-order valence-corrected chi connectivity index (χ4v) is 7.43. The van der Waals surface area contributed by atoms with Gasteiger partial charge < -0.3 is 44.4 Å². The van der Waals surface area contributed by atoms with Crippen molar-refractivity contribution in [3.8, 4) is 0 Å². The van der Waals surface area contributed by atoms with Crippen molar-refractivity contribution in [2.75, 3.05) is 13.2 Å². The lowest BCUT2D eigenvalue weighted by atomic mass is 9.71. The topological polar surface area (TPSA) is 168 Å². The van der Waals surface area contributed by atoms with Gasteiger partial charge in [-0.1, -0.05) is 98.1 Å². The number of unbranched alkanes of at least 4 members (excludes halogenated alkanes) is 4. The first-order valence-electron chi connectivity index (χ1n) is 19.6. The number of rotatable bonds is 20. The number of H-pyrrole nitrogens is 2. The predicted molar refractivity (Wildman–Crippen MR) is 212 cm³/mol. The van der Waals surface area contributed by atoms with Crippen molar-refractivity contribution in [2.45, 2.75) is 108 Å². The summed E-state index contributed by atoms with van der Waals surface area (Å²) in [5, 5.41) is 29.2. The number of esters is 1.